The Kier molecular flexibility index (Phi) is 7.35. The maximum absolute atomic E-state index is 12.7. The summed E-state index contributed by atoms with van der Waals surface area (Å²) in [4.78, 5) is 17.4. The lowest BCUT2D eigenvalue weighted by Crippen LogP contribution is -2.15. The van der Waals surface area contributed by atoms with Crippen LogP contribution in [-0.2, 0) is 23.0 Å². The Morgan fingerprint density at radius 1 is 1.23 bits per heavy atom. The van der Waals surface area contributed by atoms with Crippen molar-refractivity contribution in [1.82, 2.24) is 14.8 Å². The minimum Gasteiger partial charge on any atom is -0.487 e. The number of hydrogen-bond acceptors (Lipinski definition) is 6. The van der Waals surface area contributed by atoms with Gasteiger partial charge < -0.3 is 19.5 Å². The second-order valence-electron chi connectivity index (χ2n) is 7.14. The van der Waals surface area contributed by atoms with Gasteiger partial charge in [-0.1, -0.05) is 17.7 Å². The summed E-state index contributed by atoms with van der Waals surface area (Å²) in [6.07, 6.45) is 0.812. The van der Waals surface area contributed by atoms with Crippen molar-refractivity contribution in [3.63, 3.8) is 0 Å². The van der Waals surface area contributed by atoms with Crippen molar-refractivity contribution in [2.45, 2.75) is 26.7 Å². The molecular weight excluding hydrogens is 420 g/mol. The fraction of sp³-hybridized carbons (Fsp3) is 0.409. The van der Waals surface area contributed by atoms with Gasteiger partial charge in [0.15, 0.2) is 11.4 Å². The summed E-state index contributed by atoms with van der Waals surface area (Å²) in [5, 5.41) is 8.57. The number of aromatic nitrogens is 3. The fourth-order valence-corrected chi connectivity index (χ4v) is 3.77. The van der Waals surface area contributed by atoms with E-state index in [1.807, 2.05) is 20.9 Å². The van der Waals surface area contributed by atoms with Crippen molar-refractivity contribution in [3.8, 4) is 11.6 Å². The third-order valence-electron chi connectivity index (χ3n) is 5.09. The Hall–Kier alpha value is -2.84. The summed E-state index contributed by atoms with van der Waals surface area (Å²) in [5.74, 6) is 0.825. The van der Waals surface area contributed by atoms with Crippen molar-refractivity contribution >= 4 is 34.2 Å². The standard InChI is InChI=1S/C22H27ClN4O4/c1-13-15(14(2)24-21-19(13)22(30-5)26-27(21)3)9-10-18(28)25-17-8-6-7-16(23)20(17)31-12-11-29-4/h6-8H,9-12H2,1-5H3,(H,25,28). The average Bonchev–Trinajstić information content (AvgIpc) is 3.05. The number of rotatable bonds is 9. The van der Waals surface area contributed by atoms with Crippen LogP contribution < -0.4 is 14.8 Å². The molecule has 0 spiro atoms. The zero-order valence-electron chi connectivity index (χ0n) is 18.4. The smallest absolute Gasteiger partial charge is 0.242 e. The lowest BCUT2D eigenvalue weighted by atomic mass is 10.00. The van der Waals surface area contributed by atoms with E-state index in [0.717, 1.165) is 27.9 Å². The third kappa shape index (κ3) is 4.91. The van der Waals surface area contributed by atoms with E-state index in [2.05, 4.69) is 15.4 Å². The van der Waals surface area contributed by atoms with Gasteiger partial charge in [-0.05, 0) is 43.5 Å². The van der Waals surface area contributed by atoms with Crippen LogP contribution in [0.15, 0.2) is 18.2 Å². The lowest BCUT2D eigenvalue weighted by Gasteiger charge is -2.14. The van der Waals surface area contributed by atoms with Crippen molar-refractivity contribution in [1.29, 1.82) is 0 Å². The highest BCUT2D eigenvalue weighted by atomic mass is 35.5. The molecule has 0 bridgehead atoms. The predicted octanol–water partition coefficient (Wildman–Crippen LogP) is 3.84. The molecule has 1 N–H and O–H groups in total. The highest BCUT2D eigenvalue weighted by Crippen LogP contribution is 2.33. The summed E-state index contributed by atoms with van der Waals surface area (Å²) >= 11 is 6.25. The van der Waals surface area contributed by atoms with E-state index in [0.29, 0.717) is 42.0 Å². The highest BCUT2D eigenvalue weighted by molar-refractivity contribution is 6.32. The van der Waals surface area contributed by atoms with Crippen LogP contribution in [0.25, 0.3) is 11.0 Å². The number of nitrogens with one attached hydrogen (secondary N) is 1. The third-order valence-corrected chi connectivity index (χ3v) is 5.39. The number of anilines is 1. The minimum absolute atomic E-state index is 0.143. The molecule has 0 unspecified atom stereocenters. The van der Waals surface area contributed by atoms with Gasteiger partial charge in [0.2, 0.25) is 11.8 Å². The summed E-state index contributed by atoms with van der Waals surface area (Å²) in [7, 11) is 5.02. The number of para-hydroxylation sites is 1. The Labute approximate surface area is 186 Å². The van der Waals surface area contributed by atoms with E-state index in [-0.39, 0.29) is 12.3 Å². The van der Waals surface area contributed by atoms with Gasteiger partial charge in [-0.2, -0.15) is 0 Å². The van der Waals surface area contributed by atoms with Crippen LogP contribution >= 0.6 is 11.6 Å². The number of fused-ring (bicyclic) bond motifs is 1. The van der Waals surface area contributed by atoms with Crippen LogP contribution in [0.5, 0.6) is 11.6 Å². The molecule has 0 atom stereocenters. The normalized spacial score (nSPS) is 11.0. The maximum atomic E-state index is 12.7. The van der Waals surface area contributed by atoms with Crippen LogP contribution in [0.1, 0.15) is 23.2 Å². The number of halogens is 1. The molecule has 0 radical (unpaired) electrons. The number of methoxy groups -OCH3 is 2. The summed E-state index contributed by atoms with van der Waals surface area (Å²) in [6, 6.07) is 5.24. The molecule has 1 amide bonds. The molecule has 0 aliphatic carbocycles. The first-order valence-electron chi connectivity index (χ1n) is 9.94. The van der Waals surface area contributed by atoms with Crippen LogP contribution in [0.4, 0.5) is 5.69 Å². The van der Waals surface area contributed by atoms with E-state index in [9.17, 15) is 4.79 Å². The number of carbonyl (C=O) groups is 1. The molecule has 2 heterocycles. The second-order valence-corrected chi connectivity index (χ2v) is 7.55. The van der Waals surface area contributed by atoms with Gasteiger partial charge in [-0.25, -0.2) is 9.67 Å². The monoisotopic (exact) mass is 446 g/mol. The molecule has 0 fully saturated rings. The molecule has 3 aromatic rings. The molecule has 3 rings (SSSR count). The van der Waals surface area contributed by atoms with Crippen LogP contribution in [0, 0.1) is 13.8 Å². The van der Waals surface area contributed by atoms with E-state index in [4.69, 9.17) is 25.8 Å². The molecule has 1 aromatic carbocycles. The van der Waals surface area contributed by atoms with Gasteiger partial charge in [-0.3, -0.25) is 4.79 Å². The van der Waals surface area contributed by atoms with E-state index >= 15 is 0 Å². The molecule has 31 heavy (non-hydrogen) atoms. The molecular formula is C22H27ClN4O4. The summed E-state index contributed by atoms with van der Waals surface area (Å²) < 4.78 is 17.8. The zero-order chi connectivity index (χ0) is 22.5. The van der Waals surface area contributed by atoms with Crippen LogP contribution in [0.3, 0.4) is 0 Å². The largest absolute Gasteiger partial charge is 0.487 e. The highest BCUT2D eigenvalue weighted by Gasteiger charge is 2.19. The van der Waals surface area contributed by atoms with Gasteiger partial charge in [0, 0.05) is 26.3 Å². The number of benzene rings is 1. The molecule has 166 valence electrons. The number of hydrogen-bond donors (Lipinski definition) is 1. The first-order valence-corrected chi connectivity index (χ1v) is 10.3. The quantitative estimate of drug-likeness (QED) is 0.502. The Morgan fingerprint density at radius 3 is 2.71 bits per heavy atom. The topological polar surface area (TPSA) is 87.5 Å². The van der Waals surface area contributed by atoms with Crippen molar-refractivity contribution in [3.05, 3.63) is 40.0 Å². The maximum Gasteiger partial charge on any atom is 0.242 e. The number of pyridine rings is 1. The zero-order valence-corrected chi connectivity index (χ0v) is 19.2. The number of carbonyl (C=O) groups excluding carboxylic acids is 1. The van der Waals surface area contributed by atoms with E-state index in [1.54, 1.807) is 37.1 Å². The van der Waals surface area contributed by atoms with Gasteiger partial charge in [0.05, 0.1) is 29.8 Å². The number of nitrogens with zero attached hydrogens (tertiary/aromatic N) is 3. The molecule has 9 heteroatoms. The number of amides is 1. The van der Waals surface area contributed by atoms with Crippen molar-refractivity contribution in [2.24, 2.45) is 7.05 Å². The molecule has 0 saturated carbocycles. The van der Waals surface area contributed by atoms with Crippen LogP contribution in [-0.4, -0.2) is 48.1 Å². The first-order chi connectivity index (χ1) is 14.9. The van der Waals surface area contributed by atoms with Gasteiger partial charge in [0.25, 0.3) is 0 Å². The molecule has 0 aliphatic heterocycles. The van der Waals surface area contributed by atoms with E-state index < -0.39 is 0 Å². The summed E-state index contributed by atoms with van der Waals surface area (Å²) in [5.41, 5.74) is 4.19. The van der Waals surface area contributed by atoms with Gasteiger partial charge in [-0.15, -0.1) is 5.10 Å². The number of ether oxygens (including phenoxy) is 3. The predicted molar refractivity (Wildman–Crippen MR) is 120 cm³/mol. The van der Waals surface area contributed by atoms with Gasteiger partial charge in [0.1, 0.15) is 6.61 Å². The fourth-order valence-electron chi connectivity index (χ4n) is 3.54. The number of aryl methyl sites for hydroxylation is 3. The summed E-state index contributed by atoms with van der Waals surface area (Å²) in [6.45, 7) is 4.70. The van der Waals surface area contributed by atoms with E-state index in [1.165, 1.54) is 0 Å². The van der Waals surface area contributed by atoms with Crippen LogP contribution in [0.2, 0.25) is 5.02 Å². The SMILES string of the molecule is COCCOc1c(Cl)cccc1NC(=O)CCc1c(C)nc2c(c(OC)nn2C)c1C. The van der Waals surface area contributed by atoms with Crippen molar-refractivity contribution < 1.29 is 19.0 Å². The second kappa shape index (κ2) is 9.98. The first kappa shape index (κ1) is 22.8. The Morgan fingerprint density at radius 2 is 2.00 bits per heavy atom. The average molecular weight is 447 g/mol. The van der Waals surface area contributed by atoms with Gasteiger partial charge >= 0.3 is 0 Å². The molecule has 8 nitrogen and oxygen atoms in total. The Bertz CT molecular complexity index is 1100. The van der Waals surface area contributed by atoms with Crippen molar-refractivity contribution in [2.75, 3.05) is 32.8 Å². The molecule has 2 aromatic heterocycles. The molecule has 0 aliphatic rings. The lowest BCUT2D eigenvalue weighted by molar-refractivity contribution is -0.116. The Balaban J connectivity index is 1.76. The molecule has 0 saturated heterocycles. The minimum atomic E-state index is -0.143.